The summed E-state index contributed by atoms with van der Waals surface area (Å²) in [4.78, 5) is 30.5. The summed E-state index contributed by atoms with van der Waals surface area (Å²) in [5.41, 5.74) is 12.1. The number of carboxylic acids is 1. The molecule has 6 aliphatic rings. The van der Waals surface area contributed by atoms with Crippen LogP contribution in [0.2, 0.25) is 0 Å². The van der Waals surface area contributed by atoms with E-state index in [4.69, 9.17) is 25.7 Å². The summed E-state index contributed by atoms with van der Waals surface area (Å²) < 4.78 is 21.0. The normalized spacial score (nSPS) is 44.3. The van der Waals surface area contributed by atoms with Gasteiger partial charge in [-0.2, -0.15) is 5.10 Å². The van der Waals surface area contributed by atoms with Crippen LogP contribution < -0.4 is 11.5 Å². The van der Waals surface area contributed by atoms with Crippen LogP contribution in [0.3, 0.4) is 0 Å². The average Bonchev–Trinajstić information content (AvgIpc) is 3.55. The lowest BCUT2D eigenvalue weighted by atomic mass is 9.34. The maximum atomic E-state index is 13.5. The zero-order valence-corrected chi connectivity index (χ0v) is 31.4. The van der Waals surface area contributed by atoms with Crippen LogP contribution in [0.5, 0.6) is 0 Å². The first-order valence-corrected chi connectivity index (χ1v) is 19.2. The van der Waals surface area contributed by atoms with Gasteiger partial charge in [-0.05, 0) is 91.3 Å². The van der Waals surface area contributed by atoms with Crippen LogP contribution in [0, 0.1) is 56.7 Å². The highest BCUT2D eigenvalue weighted by Gasteiger charge is 2.72. The number of aromatic nitrogens is 3. The van der Waals surface area contributed by atoms with Gasteiger partial charge in [-0.15, -0.1) is 0 Å². The fourth-order valence-electron chi connectivity index (χ4n) is 13.0. The van der Waals surface area contributed by atoms with Crippen molar-refractivity contribution in [2.45, 2.75) is 118 Å². The number of allylic oxidation sites excluding steroid dienone is 1. The molecule has 7 rings (SSSR count). The van der Waals surface area contributed by atoms with Crippen molar-refractivity contribution in [3.63, 3.8) is 0 Å². The molecule has 50 heavy (non-hydrogen) atoms. The van der Waals surface area contributed by atoms with Crippen molar-refractivity contribution < 1.29 is 28.9 Å². The molecule has 5 fully saturated rings. The minimum Gasteiger partial charge on any atom is -0.481 e. The van der Waals surface area contributed by atoms with Crippen molar-refractivity contribution in [2.75, 3.05) is 33.0 Å². The number of hydrogen-bond acceptors (Lipinski definition) is 8. The van der Waals surface area contributed by atoms with Gasteiger partial charge in [-0.3, -0.25) is 9.59 Å². The number of carboxylic acid groups (broad SMARTS) is 1. The van der Waals surface area contributed by atoms with Crippen molar-refractivity contribution in [3.05, 3.63) is 23.8 Å². The van der Waals surface area contributed by atoms with Gasteiger partial charge in [0.05, 0.1) is 37.9 Å². The molecule has 1 aromatic rings. The highest BCUT2D eigenvalue weighted by Crippen LogP contribution is 2.75. The fourth-order valence-corrected chi connectivity index (χ4v) is 13.0. The lowest BCUT2D eigenvalue weighted by Crippen LogP contribution is -2.69. The third kappa shape index (κ3) is 4.95. The lowest BCUT2D eigenvalue weighted by molar-refractivity contribution is -0.253. The third-order valence-electron chi connectivity index (χ3n) is 16.2. The molecule has 2 saturated heterocycles. The van der Waals surface area contributed by atoms with Crippen molar-refractivity contribution >= 4 is 11.9 Å². The monoisotopic (exact) mass is 695 g/mol. The van der Waals surface area contributed by atoms with E-state index in [0.717, 1.165) is 44.9 Å². The molecule has 0 aromatic carbocycles. The summed E-state index contributed by atoms with van der Waals surface area (Å²) in [6, 6.07) is -0.317. The molecule has 0 radical (unpaired) electrons. The van der Waals surface area contributed by atoms with Crippen LogP contribution in [-0.2, 0) is 19.0 Å². The van der Waals surface area contributed by atoms with Crippen molar-refractivity contribution in [1.29, 1.82) is 0 Å². The molecule has 3 heterocycles. The minimum absolute atomic E-state index is 0.134. The van der Waals surface area contributed by atoms with Gasteiger partial charge in [0, 0.05) is 29.6 Å². The zero-order chi connectivity index (χ0) is 36.1. The van der Waals surface area contributed by atoms with Crippen molar-refractivity contribution in [3.8, 4) is 0 Å². The Balaban J connectivity index is 1.32. The Morgan fingerprint density at radius 2 is 1.76 bits per heavy atom. The summed E-state index contributed by atoms with van der Waals surface area (Å²) in [5.74, 6) is -0.417. The fraction of sp³-hybridized carbons (Fsp3) is 0.846. The molecule has 11 heteroatoms. The van der Waals surface area contributed by atoms with Crippen molar-refractivity contribution in [2.24, 2.45) is 68.1 Å². The average molecular weight is 696 g/mol. The van der Waals surface area contributed by atoms with Gasteiger partial charge in [0.1, 0.15) is 6.33 Å². The van der Waals surface area contributed by atoms with Gasteiger partial charge in [-0.25, -0.2) is 9.67 Å². The number of primary amides is 1. The molecule has 0 unspecified atom stereocenters. The van der Waals surface area contributed by atoms with Gasteiger partial charge in [0.2, 0.25) is 5.82 Å². The second-order valence-corrected chi connectivity index (χ2v) is 18.7. The highest BCUT2D eigenvalue weighted by atomic mass is 16.5. The smallest absolute Gasteiger partial charge is 0.307 e. The quantitative estimate of drug-likeness (QED) is 0.302. The van der Waals surface area contributed by atoms with Gasteiger partial charge in [0.25, 0.3) is 5.91 Å². The summed E-state index contributed by atoms with van der Waals surface area (Å²) in [6.07, 6.45) is 10.3. The molecule has 5 N–H and O–H groups in total. The molecule has 2 aliphatic heterocycles. The predicted molar refractivity (Wildman–Crippen MR) is 188 cm³/mol. The van der Waals surface area contributed by atoms with E-state index >= 15 is 0 Å². The number of amides is 1. The second kappa shape index (κ2) is 12.1. The molecule has 11 atom stereocenters. The predicted octanol–water partition coefficient (Wildman–Crippen LogP) is 5.40. The topological polar surface area (TPSA) is 165 Å². The Morgan fingerprint density at radius 1 is 1.04 bits per heavy atom. The Kier molecular flexibility index (Phi) is 8.72. The van der Waals surface area contributed by atoms with E-state index in [9.17, 15) is 14.7 Å². The molecule has 3 saturated carbocycles. The summed E-state index contributed by atoms with van der Waals surface area (Å²) in [6.45, 7) is 18.7. The van der Waals surface area contributed by atoms with E-state index in [2.05, 4.69) is 64.6 Å². The number of aliphatic carboxylic acids is 1. The SMILES string of the molecule is CC(C)[C@@H](C)[C@@]1(C)CC[C@]2(C)[C@H]3CC[C@@H]4[C@@]5(COC[C@@]4(C)[C@@H](OCC4(N)CCOCC4)[C@H](n4ncnc4C(N)=O)C5)C3=CC[C@@]2(C)[C@@H]1C(=O)O. The number of rotatable bonds is 8. The maximum absolute atomic E-state index is 13.5. The van der Waals surface area contributed by atoms with Crippen molar-refractivity contribution in [1.82, 2.24) is 14.8 Å². The number of fused-ring (bicyclic) bond motifs is 3. The molecule has 11 nitrogen and oxygen atoms in total. The van der Waals surface area contributed by atoms with Crippen LogP contribution in [0.25, 0.3) is 0 Å². The van der Waals surface area contributed by atoms with E-state index in [1.807, 2.05) is 0 Å². The zero-order valence-electron chi connectivity index (χ0n) is 31.4. The standard InChI is InChI=1S/C39H61N5O6/c1-23(2)24(3)34(4)12-13-36(6)25-8-9-28-35(5)19-49-21-39(28,26(25)10-11-37(36,7)29(34)33(46)47)18-27(44-32(31(40)45)42-22-43-44)30(35)50-20-38(41)14-16-48-17-15-38/h10,22-25,27-30H,8-9,11-21,41H2,1-7H3,(H2,40,45)(H,46,47)/t24-,25+,27-,28+,29-,30+,34-,35-,36-,37+,39+/m1/s1. The summed E-state index contributed by atoms with van der Waals surface area (Å²) >= 11 is 0. The molecule has 278 valence electrons. The second-order valence-electron chi connectivity index (χ2n) is 18.7. The van der Waals surface area contributed by atoms with Gasteiger partial charge >= 0.3 is 5.97 Å². The van der Waals surface area contributed by atoms with Gasteiger partial charge in [-0.1, -0.05) is 60.1 Å². The number of nitrogens with zero attached hydrogens (tertiary/aromatic N) is 3. The minimum atomic E-state index is -0.657. The number of nitrogens with two attached hydrogens (primary N) is 2. The number of carbonyl (C=O) groups is 2. The Morgan fingerprint density at radius 3 is 2.42 bits per heavy atom. The lowest BCUT2D eigenvalue weighted by Gasteiger charge is -2.71. The Labute approximate surface area is 297 Å². The number of hydrogen-bond donors (Lipinski definition) is 3. The maximum Gasteiger partial charge on any atom is 0.307 e. The van der Waals surface area contributed by atoms with E-state index in [1.165, 1.54) is 11.9 Å². The van der Waals surface area contributed by atoms with Gasteiger partial charge in [0.15, 0.2) is 0 Å². The van der Waals surface area contributed by atoms with E-state index in [0.29, 0.717) is 45.4 Å². The van der Waals surface area contributed by atoms with Crippen LogP contribution in [0.15, 0.2) is 18.0 Å². The Bertz CT molecular complexity index is 1540. The molecule has 4 aliphatic carbocycles. The molecule has 1 aromatic heterocycles. The first kappa shape index (κ1) is 36.0. The van der Waals surface area contributed by atoms with Crippen LogP contribution in [-0.4, -0.2) is 76.4 Å². The third-order valence-corrected chi connectivity index (χ3v) is 16.2. The Hall–Kier alpha value is -2.34. The summed E-state index contributed by atoms with van der Waals surface area (Å²) in [5, 5.41) is 15.7. The van der Waals surface area contributed by atoms with Gasteiger partial charge < -0.3 is 30.8 Å². The van der Waals surface area contributed by atoms with Crippen LogP contribution in [0.1, 0.15) is 116 Å². The first-order valence-electron chi connectivity index (χ1n) is 19.2. The van der Waals surface area contributed by atoms with Crippen LogP contribution in [0.4, 0.5) is 0 Å². The largest absolute Gasteiger partial charge is 0.481 e. The first-order chi connectivity index (χ1) is 23.5. The van der Waals surface area contributed by atoms with E-state index in [-0.39, 0.29) is 52.0 Å². The summed E-state index contributed by atoms with van der Waals surface area (Å²) in [7, 11) is 0. The molecule has 0 spiro atoms. The molecule has 2 bridgehead atoms. The number of carbonyl (C=O) groups excluding carboxylic acids is 1. The molecular formula is C39H61N5O6. The molecule has 1 amide bonds. The highest BCUT2D eigenvalue weighted by molar-refractivity contribution is 5.89. The van der Waals surface area contributed by atoms with Crippen LogP contribution >= 0.6 is 0 Å². The molecular weight excluding hydrogens is 634 g/mol. The van der Waals surface area contributed by atoms with E-state index < -0.39 is 34.2 Å². The number of ether oxygens (including phenoxy) is 3. The van der Waals surface area contributed by atoms with E-state index in [1.54, 1.807) is 4.68 Å².